The molecule has 5 heteroatoms. The Hall–Kier alpha value is -2.03. The van der Waals surface area contributed by atoms with Crippen LogP contribution in [-0.2, 0) is 0 Å². The SMILES string of the molecule is C=CCOc1c(Br)cc(Br)cc1/C=C(\C#N)c1ccc(OC)cc1. The van der Waals surface area contributed by atoms with Crippen molar-refractivity contribution in [2.45, 2.75) is 0 Å². The molecular weight excluding hydrogens is 434 g/mol. The van der Waals surface area contributed by atoms with E-state index in [0.29, 0.717) is 17.9 Å². The van der Waals surface area contributed by atoms with Crippen LogP contribution in [0.5, 0.6) is 11.5 Å². The third-order valence-electron chi connectivity index (χ3n) is 3.20. The number of methoxy groups -OCH3 is 1. The lowest BCUT2D eigenvalue weighted by molar-refractivity contribution is 0.360. The number of ether oxygens (including phenoxy) is 2. The Morgan fingerprint density at radius 3 is 2.54 bits per heavy atom. The van der Waals surface area contributed by atoms with Gasteiger partial charge in [-0.2, -0.15) is 5.26 Å². The van der Waals surface area contributed by atoms with Gasteiger partial charge in [0, 0.05) is 10.0 Å². The quantitative estimate of drug-likeness (QED) is 0.316. The lowest BCUT2D eigenvalue weighted by atomic mass is 10.0. The van der Waals surface area contributed by atoms with E-state index in [1.165, 1.54) is 0 Å². The first kappa shape index (κ1) is 18.3. The molecule has 0 atom stereocenters. The summed E-state index contributed by atoms with van der Waals surface area (Å²) in [6, 6.07) is 13.4. The molecule has 2 aromatic rings. The van der Waals surface area contributed by atoms with Gasteiger partial charge < -0.3 is 9.47 Å². The molecular formula is C19H15Br2NO2. The number of nitrogens with zero attached hydrogens (tertiary/aromatic N) is 1. The van der Waals surface area contributed by atoms with Gasteiger partial charge in [-0.15, -0.1) is 0 Å². The first-order chi connectivity index (χ1) is 11.6. The zero-order chi connectivity index (χ0) is 17.5. The van der Waals surface area contributed by atoms with Crippen molar-refractivity contribution in [2.75, 3.05) is 13.7 Å². The Bertz CT molecular complexity index is 805. The fourth-order valence-electron chi connectivity index (χ4n) is 2.09. The van der Waals surface area contributed by atoms with Crippen LogP contribution in [0.15, 0.2) is 58.0 Å². The molecule has 122 valence electrons. The number of nitriles is 1. The van der Waals surface area contributed by atoms with Crippen LogP contribution in [0.3, 0.4) is 0 Å². The topological polar surface area (TPSA) is 42.2 Å². The molecule has 2 rings (SSSR count). The molecule has 24 heavy (non-hydrogen) atoms. The third-order valence-corrected chi connectivity index (χ3v) is 4.25. The normalized spacial score (nSPS) is 10.8. The number of hydrogen-bond donors (Lipinski definition) is 0. The van der Waals surface area contributed by atoms with Crippen molar-refractivity contribution in [1.29, 1.82) is 5.26 Å². The summed E-state index contributed by atoms with van der Waals surface area (Å²) in [5.41, 5.74) is 2.14. The van der Waals surface area contributed by atoms with E-state index < -0.39 is 0 Å². The number of benzene rings is 2. The van der Waals surface area contributed by atoms with Gasteiger partial charge in [0.2, 0.25) is 0 Å². The van der Waals surface area contributed by atoms with Crippen LogP contribution >= 0.6 is 31.9 Å². The maximum atomic E-state index is 9.54. The minimum absolute atomic E-state index is 0.380. The summed E-state index contributed by atoms with van der Waals surface area (Å²) in [6.45, 7) is 4.04. The maximum Gasteiger partial charge on any atom is 0.141 e. The van der Waals surface area contributed by atoms with E-state index in [9.17, 15) is 5.26 Å². The lowest BCUT2D eigenvalue weighted by Crippen LogP contribution is -1.97. The Kier molecular flexibility index (Phi) is 6.65. The second kappa shape index (κ2) is 8.72. The van der Waals surface area contributed by atoms with E-state index in [1.54, 1.807) is 19.3 Å². The largest absolute Gasteiger partial charge is 0.497 e. The van der Waals surface area contributed by atoms with Crippen LogP contribution in [0.2, 0.25) is 0 Å². The van der Waals surface area contributed by atoms with Crippen LogP contribution < -0.4 is 9.47 Å². The van der Waals surface area contributed by atoms with E-state index in [0.717, 1.165) is 25.8 Å². The van der Waals surface area contributed by atoms with E-state index >= 15 is 0 Å². The summed E-state index contributed by atoms with van der Waals surface area (Å²) < 4.78 is 12.6. The van der Waals surface area contributed by atoms with Crippen molar-refractivity contribution in [3.63, 3.8) is 0 Å². The first-order valence-electron chi connectivity index (χ1n) is 7.08. The van der Waals surface area contributed by atoms with Crippen molar-refractivity contribution in [1.82, 2.24) is 0 Å². The minimum atomic E-state index is 0.380. The van der Waals surface area contributed by atoms with Gasteiger partial charge in [0.1, 0.15) is 18.1 Å². The highest BCUT2D eigenvalue weighted by Crippen LogP contribution is 2.35. The molecule has 0 bridgehead atoms. The first-order valence-corrected chi connectivity index (χ1v) is 8.66. The average Bonchev–Trinajstić information content (AvgIpc) is 2.59. The minimum Gasteiger partial charge on any atom is -0.497 e. The van der Waals surface area contributed by atoms with Crippen LogP contribution in [0.25, 0.3) is 11.6 Å². The van der Waals surface area contributed by atoms with Crippen molar-refractivity contribution < 1.29 is 9.47 Å². The molecule has 0 spiro atoms. The summed E-state index contributed by atoms with van der Waals surface area (Å²) in [4.78, 5) is 0. The molecule has 0 aliphatic carbocycles. The summed E-state index contributed by atoms with van der Waals surface area (Å²) in [7, 11) is 1.61. The number of allylic oxidation sites excluding steroid dienone is 1. The molecule has 0 unspecified atom stereocenters. The summed E-state index contributed by atoms with van der Waals surface area (Å²) in [5, 5.41) is 9.54. The van der Waals surface area contributed by atoms with Crippen LogP contribution in [-0.4, -0.2) is 13.7 Å². The van der Waals surface area contributed by atoms with Crippen molar-refractivity contribution in [2.24, 2.45) is 0 Å². The van der Waals surface area contributed by atoms with Crippen molar-refractivity contribution in [3.05, 3.63) is 69.1 Å². The van der Waals surface area contributed by atoms with E-state index in [4.69, 9.17) is 9.47 Å². The zero-order valence-corrected chi connectivity index (χ0v) is 16.2. The van der Waals surface area contributed by atoms with Gasteiger partial charge in [-0.25, -0.2) is 0 Å². The van der Waals surface area contributed by atoms with Gasteiger partial charge in [0.25, 0.3) is 0 Å². The van der Waals surface area contributed by atoms with E-state index in [2.05, 4.69) is 44.5 Å². The second-order valence-corrected chi connectivity index (χ2v) is 6.57. The standard InChI is InChI=1S/C19H15Br2NO2/c1-3-8-24-19-14(10-16(20)11-18(19)21)9-15(12-22)13-4-6-17(23-2)7-5-13/h3-7,9-11H,1,8H2,2H3/b15-9+. The Balaban J connectivity index is 2.49. The van der Waals surface area contributed by atoms with Gasteiger partial charge >= 0.3 is 0 Å². The average molecular weight is 449 g/mol. The predicted octanol–water partition coefficient (Wildman–Crippen LogP) is 5.85. The predicted molar refractivity (Wildman–Crippen MR) is 104 cm³/mol. The lowest BCUT2D eigenvalue weighted by Gasteiger charge is -2.11. The molecule has 0 heterocycles. The molecule has 0 fully saturated rings. The molecule has 0 N–H and O–H groups in total. The molecule has 2 aromatic carbocycles. The molecule has 0 aromatic heterocycles. The van der Waals surface area contributed by atoms with Gasteiger partial charge in [0.05, 0.1) is 23.2 Å². The third kappa shape index (κ3) is 4.50. The molecule has 0 saturated heterocycles. The van der Waals surface area contributed by atoms with Gasteiger partial charge in [-0.3, -0.25) is 0 Å². The zero-order valence-electron chi connectivity index (χ0n) is 13.1. The molecule has 0 aliphatic rings. The highest BCUT2D eigenvalue weighted by molar-refractivity contribution is 9.11. The Morgan fingerprint density at radius 2 is 1.96 bits per heavy atom. The van der Waals surface area contributed by atoms with Crippen LogP contribution in [0, 0.1) is 11.3 Å². The molecule has 0 radical (unpaired) electrons. The molecule has 3 nitrogen and oxygen atoms in total. The fraction of sp³-hybridized carbons (Fsp3) is 0.105. The smallest absolute Gasteiger partial charge is 0.141 e. The molecule has 0 saturated carbocycles. The highest BCUT2D eigenvalue weighted by Gasteiger charge is 2.10. The molecule has 0 aliphatic heterocycles. The second-order valence-electron chi connectivity index (χ2n) is 4.80. The van der Waals surface area contributed by atoms with Crippen LogP contribution in [0.4, 0.5) is 0 Å². The molecule has 0 amide bonds. The summed E-state index contributed by atoms with van der Waals surface area (Å²) in [5.74, 6) is 1.41. The van der Waals surface area contributed by atoms with E-state index in [-0.39, 0.29) is 0 Å². The maximum absolute atomic E-state index is 9.54. The number of hydrogen-bond acceptors (Lipinski definition) is 3. The number of halogens is 2. The Morgan fingerprint density at radius 1 is 1.25 bits per heavy atom. The summed E-state index contributed by atoms with van der Waals surface area (Å²) in [6.07, 6.45) is 3.48. The highest BCUT2D eigenvalue weighted by atomic mass is 79.9. The van der Waals surface area contributed by atoms with Gasteiger partial charge in [-0.05, 0) is 64.0 Å². The van der Waals surface area contributed by atoms with Crippen LogP contribution in [0.1, 0.15) is 11.1 Å². The fourth-order valence-corrected chi connectivity index (χ4v) is 3.46. The van der Waals surface area contributed by atoms with Gasteiger partial charge in [-0.1, -0.05) is 28.6 Å². The Labute approximate surface area is 158 Å². The van der Waals surface area contributed by atoms with Crippen molar-refractivity contribution in [3.8, 4) is 17.6 Å². The van der Waals surface area contributed by atoms with E-state index in [1.807, 2.05) is 36.4 Å². The van der Waals surface area contributed by atoms with Crippen molar-refractivity contribution >= 4 is 43.5 Å². The number of rotatable bonds is 6. The van der Waals surface area contributed by atoms with Gasteiger partial charge in [0.15, 0.2) is 0 Å². The summed E-state index contributed by atoms with van der Waals surface area (Å²) >= 11 is 6.97. The monoisotopic (exact) mass is 447 g/mol.